The molecule has 0 spiro atoms. The van der Waals surface area contributed by atoms with Gasteiger partial charge in [0.2, 0.25) is 0 Å². The molecule has 5 nitrogen and oxygen atoms in total. The largest absolute Gasteiger partial charge is 0.339 e. The first kappa shape index (κ1) is 19.8. The molecule has 136 valence electrons. The van der Waals surface area contributed by atoms with E-state index < -0.39 is 0 Å². The molecule has 1 aromatic heterocycles. The van der Waals surface area contributed by atoms with Crippen molar-refractivity contribution >= 4 is 29.9 Å². The second-order valence-electron chi connectivity index (χ2n) is 6.52. The third-order valence-corrected chi connectivity index (χ3v) is 5.10. The van der Waals surface area contributed by atoms with E-state index in [4.69, 9.17) is 17.3 Å². The van der Waals surface area contributed by atoms with Crippen molar-refractivity contribution < 1.29 is 4.79 Å². The molecule has 3 rings (SSSR count). The molecule has 1 saturated heterocycles. The SMILES string of the molecule is Cc1c(C(=O)N2CCC(C(C)N)CC2)cnn1-c1cccc(Cl)c1.Cl. The number of halogens is 2. The average Bonchev–Trinajstić information content (AvgIpc) is 2.96. The van der Waals surface area contributed by atoms with Gasteiger partial charge in [-0.15, -0.1) is 12.4 Å². The van der Waals surface area contributed by atoms with Gasteiger partial charge in [0.1, 0.15) is 0 Å². The van der Waals surface area contributed by atoms with E-state index >= 15 is 0 Å². The summed E-state index contributed by atoms with van der Waals surface area (Å²) in [6.07, 6.45) is 3.58. The minimum atomic E-state index is 0. The summed E-state index contributed by atoms with van der Waals surface area (Å²) >= 11 is 6.05. The van der Waals surface area contributed by atoms with Gasteiger partial charge in [0.15, 0.2) is 0 Å². The van der Waals surface area contributed by atoms with Crippen molar-refractivity contribution in [2.24, 2.45) is 11.7 Å². The normalized spacial score (nSPS) is 16.4. The van der Waals surface area contributed by atoms with Crippen LogP contribution in [-0.2, 0) is 0 Å². The van der Waals surface area contributed by atoms with Crippen LogP contribution < -0.4 is 5.73 Å². The summed E-state index contributed by atoms with van der Waals surface area (Å²) in [5.74, 6) is 0.549. The predicted molar refractivity (Wildman–Crippen MR) is 103 cm³/mol. The zero-order valence-corrected chi connectivity index (χ0v) is 16.1. The van der Waals surface area contributed by atoms with Gasteiger partial charge in [-0.2, -0.15) is 5.10 Å². The van der Waals surface area contributed by atoms with E-state index in [0.717, 1.165) is 37.3 Å². The first-order chi connectivity index (χ1) is 11.5. The Kier molecular flexibility index (Phi) is 6.49. The Morgan fingerprint density at radius 2 is 2.04 bits per heavy atom. The maximum Gasteiger partial charge on any atom is 0.257 e. The van der Waals surface area contributed by atoms with Crippen LogP contribution >= 0.6 is 24.0 Å². The van der Waals surface area contributed by atoms with Crippen molar-refractivity contribution in [3.63, 3.8) is 0 Å². The van der Waals surface area contributed by atoms with Crippen molar-refractivity contribution in [2.75, 3.05) is 13.1 Å². The number of rotatable bonds is 3. The molecule has 2 aromatic rings. The lowest BCUT2D eigenvalue weighted by Crippen LogP contribution is -2.42. The summed E-state index contributed by atoms with van der Waals surface area (Å²) in [6, 6.07) is 7.64. The summed E-state index contributed by atoms with van der Waals surface area (Å²) in [4.78, 5) is 14.7. The molecule has 1 aliphatic rings. The second kappa shape index (κ2) is 8.21. The smallest absolute Gasteiger partial charge is 0.257 e. The standard InChI is InChI=1S/C18H23ClN4O.ClH/c1-12(20)14-6-8-22(9-7-14)18(24)17-11-21-23(13(17)2)16-5-3-4-15(19)10-16;/h3-5,10-12,14H,6-9,20H2,1-2H3;1H. The third kappa shape index (κ3) is 4.17. The van der Waals surface area contributed by atoms with E-state index in [1.807, 2.05) is 43.0 Å². The van der Waals surface area contributed by atoms with Crippen LogP contribution in [0, 0.1) is 12.8 Å². The maximum absolute atomic E-state index is 12.8. The highest BCUT2D eigenvalue weighted by atomic mass is 35.5. The van der Waals surface area contributed by atoms with E-state index in [9.17, 15) is 4.79 Å². The van der Waals surface area contributed by atoms with Crippen LogP contribution in [0.1, 0.15) is 35.8 Å². The first-order valence-electron chi connectivity index (χ1n) is 8.33. The molecule has 2 heterocycles. The van der Waals surface area contributed by atoms with Crippen LogP contribution in [0.15, 0.2) is 30.5 Å². The molecule has 1 aliphatic heterocycles. The molecule has 0 aliphatic carbocycles. The van der Waals surface area contributed by atoms with Crippen LogP contribution in [-0.4, -0.2) is 39.7 Å². The minimum absolute atomic E-state index is 0. The number of likely N-dealkylation sites (tertiary alicyclic amines) is 1. The second-order valence-corrected chi connectivity index (χ2v) is 6.96. The number of piperidine rings is 1. The molecule has 0 bridgehead atoms. The predicted octanol–water partition coefficient (Wildman–Crippen LogP) is 3.46. The Labute approximate surface area is 159 Å². The van der Waals surface area contributed by atoms with E-state index in [1.165, 1.54) is 0 Å². The lowest BCUT2D eigenvalue weighted by molar-refractivity contribution is 0.0680. The summed E-state index contributed by atoms with van der Waals surface area (Å²) in [7, 11) is 0. The van der Waals surface area contributed by atoms with Crippen molar-refractivity contribution in [1.29, 1.82) is 0 Å². The fraction of sp³-hybridized carbons (Fsp3) is 0.444. The van der Waals surface area contributed by atoms with E-state index in [0.29, 0.717) is 16.5 Å². The highest BCUT2D eigenvalue weighted by Crippen LogP contribution is 2.23. The van der Waals surface area contributed by atoms with Crippen LogP contribution in [0.3, 0.4) is 0 Å². The topological polar surface area (TPSA) is 64.2 Å². The minimum Gasteiger partial charge on any atom is -0.339 e. The van der Waals surface area contributed by atoms with Gasteiger partial charge < -0.3 is 10.6 Å². The number of benzene rings is 1. The number of nitrogens with zero attached hydrogens (tertiary/aromatic N) is 3. The quantitative estimate of drug-likeness (QED) is 0.883. The van der Waals surface area contributed by atoms with Gasteiger partial charge in [-0.3, -0.25) is 4.79 Å². The summed E-state index contributed by atoms with van der Waals surface area (Å²) < 4.78 is 1.76. The summed E-state index contributed by atoms with van der Waals surface area (Å²) in [5, 5.41) is 5.02. The van der Waals surface area contributed by atoms with E-state index in [-0.39, 0.29) is 24.4 Å². The van der Waals surface area contributed by atoms with Crippen molar-refractivity contribution in [1.82, 2.24) is 14.7 Å². The number of aromatic nitrogens is 2. The summed E-state index contributed by atoms with van der Waals surface area (Å²) in [6.45, 7) is 5.47. The van der Waals surface area contributed by atoms with Crippen LogP contribution in [0.5, 0.6) is 0 Å². The number of carbonyl (C=O) groups excluding carboxylic acids is 1. The third-order valence-electron chi connectivity index (χ3n) is 4.86. The molecular weight excluding hydrogens is 359 g/mol. The molecule has 1 fully saturated rings. The van der Waals surface area contributed by atoms with Crippen molar-refractivity contribution in [3.05, 3.63) is 46.7 Å². The van der Waals surface area contributed by atoms with Gasteiger partial charge in [0.05, 0.1) is 23.1 Å². The molecular formula is C18H24Cl2N4O. The van der Waals surface area contributed by atoms with Crippen LogP contribution in [0.25, 0.3) is 5.69 Å². The summed E-state index contributed by atoms with van der Waals surface area (Å²) in [5.41, 5.74) is 8.31. The molecule has 1 aromatic carbocycles. The Morgan fingerprint density at radius 1 is 1.36 bits per heavy atom. The lowest BCUT2D eigenvalue weighted by Gasteiger charge is -2.33. The Bertz CT molecular complexity index is 736. The van der Waals surface area contributed by atoms with Gasteiger partial charge in [0, 0.05) is 24.2 Å². The van der Waals surface area contributed by atoms with Crippen LogP contribution in [0.4, 0.5) is 0 Å². The van der Waals surface area contributed by atoms with Gasteiger partial charge in [-0.05, 0) is 50.8 Å². The number of carbonyl (C=O) groups is 1. The first-order valence-corrected chi connectivity index (χ1v) is 8.70. The highest BCUT2D eigenvalue weighted by molar-refractivity contribution is 6.30. The molecule has 1 amide bonds. The zero-order valence-electron chi connectivity index (χ0n) is 14.5. The average molecular weight is 383 g/mol. The Hall–Kier alpha value is -1.56. The van der Waals surface area contributed by atoms with Crippen LogP contribution in [0.2, 0.25) is 5.02 Å². The molecule has 25 heavy (non-hydrogen) atoms. The van der Waals surface area contributed by atoms with Gasteiger partial charge in [0.25, 0.3) is 5.91 Å². The zero-order chi connectivity index (χ0) is 17.3. The molecule has 1 atom stereocenters. The molecule has 0 radical (unpaired) electrons. The highest BCUT2D eigenvalue weighted by Gasteiger charge is 2.27. The van der Waals surface area contributed by atoms with Gasteiger partial charge in [-0.25, -0.2) is 4.68 Å². The number of hydrogen-bond donors (Lipinski definition) is 1. The van der Waals surface area contributed by atoms with Crippen molar-refractivity contribution in [2.45, 2.75) is 32.7 Å². The number of nitrogens with two attached hydrogens (primary N) is 1. The Morgan fingerprint density at radius 3 is 2.64 bits per heavy atom. The molecule has 1 unspecified atom stereocenters. The molecule has 7 heteroatoms. The van der Waals surface area contributed by atoms with E-state index in [1.54, 1.807) is 10.9 Å². The molecule has 2 N–H and O–H groups in total. The van der Waals surface area contributed by atoms with Gasteiger partial charge >= 0.3 is 0 Å². The maximum atomic E-state index is 12.8. The fourth-order valence-electron chi connectivity index (χ4n) is 3.29. The number of hydrogen-bond acceptors (Lipinski definition) is 3. The van der Waals surface area contributed by atoms with Crippen molar-refractivity contribution in [3.8, 4) is 5.69 Å². The lowest BCUT2D eigenvalue weighted by atomic mass is 9.91. The number of amides is 1. The van der Waals surface area contributed by atoms with E-state index in [2.05, 4.69) is 5.10 Å². The van der Waals surface area contributed by atoms with Gasteiger partial charge in [-0.1, -0.05) is 17.7 Å². The molecule has 0 saturated carbocycles. The Balaban J connectivity index is 0.00000225. The fourth-order valence-corrected chi connectivity index (χ4v) is 3.47. The monoisotopic (exact) mass is 382 g/mol.